The standard InChI is InChI=1S/C19H30N2O3S/c1-16(2)15-18(19(22)21-12-6-7-13-21)20-25(23,24)14-8-11-17-9-4-3-5-10-17/h3-5,9-10,16,18,20H,6-8,11-15H2,1-2H3/t18-/m1/s1. The van der Waals surface area contributed by atoms with Gasteiger partial charge in [-0.2, -0.15) is 0 Å². The van der Waals surface area contributed by atoms with E-state index in [1.54, 1.807) is 4.90 Å². The Morgan fingerprint density at radius 3 is 2.40 bits per heavy atom. The summed E-state index contributed by atoms with van der Waals surface area (Å²) in [6, 6.07) is 9.21. The second kappa shape index (κ2) is 9.34. The van der Waals surface area contributed by atoms with Crippen molar-refractivity contribution in [2.75, 3.05) is 18.8 Å². The predicted octanol–water partition coefficient (Wildman–Crippen LogP) is 2.58. The minimum absolute atomic E-state index is 0.0454. The Hall–Kier alpha value is -1.40. The zero-order chi connectivity index (χ0) is 18.3. The Balaban J connectivity index is 1.92. The third-order valence-corrected chi connectivity index (χ3v) is 5.94. The minimum Gasteiger partial charge on any atom is -0.341 e. The molecule has 1 heterocycles. The average molecular weight is 367 g/mol. The Morgan fingerprint density at radius 2 is 1.80 bits per heavy atom. The topological polar surface area (TPSA) is 66.5 Å². The summed E-state index contributed by atoms with van der Waals surface area (Å²) in [6.07, 6.45) is 3.81. The van der Waals surface area contributed by atoms with Crippen LogP contribution in [0.15, 0.2) is 30.3 Å². The lowest BCUT2D eigenvalue weighted by atomic mass is 10.0. The van der Waals surface area contributed by atoms with Crippen LogP contribution in [0.2, 0.25) is 0 Å². The van der Waals surface area contributed by atoms with Crippen LogP contribution in [0.3, 0.4) is 0 Å². The molecule has 0 aromatic heterocycles. The van der Waals surface area contributed by atoms with Crippen molar-refractivity contribution in [3.8, 4) is 0 Å². The van der Waals surface area contributed by atoms with Crippen LogP contribution in [-0.2, 0) is 21.2 Å². The van der Waals surface area contributed by atoms with Gasteiger partial charge in [0.1, 0.15) is 6.04 Å². The van der Waals surface area contributed by atoms with Gasteiger partial charge in [-0.1, -0.05) is 44.2 Å². The number of benzene rings is 1. The van der Waals surface area contributed by atoms with Crippen LogP contribution in [0, 0.1) is 5.92 Å². The molecule has 1 fully saturated rings. The van der Waals surface area contributed by atoms with E-state index in [-0.39, 0.29) is 17.6 Å². The summed E-state index contributed by atoms with van der Waals surface area (Å²) < 4.78 is 27.6. The molecule has 5 nitrogen and oxygen atoms in total. The zero-order valence-corrected chi connectivity index (χ0v) is 16.1. The lowest BCUT2D eigenvalue weighted by Gasteiger charge is -2.25. The molecule has 1 saturated heterocycles. The fourth-order valence-corrected chi connectivity index (χ4v) is 4.49. The largest absolute Gasteiger partial charge is 0.341 e. The summed E-state index contributed by atoms with van der Waals surface area (Å²) >= 11 is 0. The molecule has 0 bridgehead atoms. The van der Waals surface area contributed by atoms with Crippen molar-refractivity contribution in [2.45, 2.75) is 52.0 Å². The van der Waals surface area contributed by atoms with E-state index in [2.05, 4.69) is 4.72 Å². The highest BCUT2D eigenvalue weighted by atomic mass is 32.2. The molecule has 2 rings (SSSR count). The number of carbonyl (C=O) groups excluding carboxylic acids is 1. The van der Waals surface area contributed by atoms with Gasteiger partial charge in [0.2, 0.25) is 15.9 Å². The van der Waals surface area contributed by atoms with Gasteiger partial charge in [0.15, 0.2) is 0 Å². The number of sulfonamides is 1. The molecule has 1 amide bonds. The first-order chi connectivity index (χ1) is 11.9. The quantitative estimate of drug-likeness (QED) is 0.730. The number of nitrogens with zero attached hydrogens (tertiary/aromatic N) is 1. The monoisotopic (exact) mass is 366 g/mol. The van der Waals surface area contributed by atoms with Crippen LogP contribution < -0.4 is 4.72 Å². The lowest BCUT2D eigenvalue weighted by molar-refractivity contribution is -0.132. The second-order valence-corrected chi connectivity index (χ2v) is 9.11. The number of hydrogen-bond acceptors (Lipinski definition) is 3. The van der Waals surface area contributed by atoms with Crippen LogP contribution in [0.4, 0.5) is 0 Å². The second-order valence-electron chi connectivity index (χ2n) is 7.24. The lowest BCUT2D eigenvalue weighted by Crippen LogP contribution is -2.48. The molecule has 25 heavy (non-hydrogen) atoms. The molecule has 1 aliphatic rings. The maximum atomic E-state index is 12.7. The average Bonchev–Trinajstić information content (AvgIpc) is 3.08. The van der Waals surface area contributed by atoms with Gasteiger partial charge in [-0.25, -0.2) is 13.1 Å². The van der Waals surface area contributed by atoms with E-state index in [0.29, 0.717) is 12.8 Å². The number of rotatable bonds is 9. The van der Waals surface area contributed by atoms with E-state index in [1.807, 2.05) is 44.2 Å². The van der Waals surface area contributed by atoms with E-state index >= 15 is 0 Å². The summed E-state index contributed by atoms with van der Waals surface area (Å²) in [7, 11) is -3.47. The maximum absolute atomic E-state index is 12.7. The van der Waals surface area contributed by atoms with Gasteiger partial charge in [0, 0.05) is 13.1 Å². The Morgan fingerprint density at radius 1 is 1.16 bits per heavy atom. The van der Waals surface area contributed by atoms with Crippen LogP contribution >= 0.6 is 0 Å². The van der Waals surface area contributed by atoms with E-state index in [9.17, 15) is 13.2 Å². The van der Waals surface area contributed by atoms with Gasteiger partial charge in [-0.15, -0.1) is 0 Å². The first-order valence-electron chi connectivity index (χ1n) is 9.20. The molecular formula is C19H30N2O3S. The molecule has 0 aliphatic carbocycles. The van der Waals surface area contributed by atoms with Gasteiger partial charge in [-0.05, 0) is 43.6 Å². The van der Waals surface area contributed by atoms with E-state index < -0.39 is 16.1 Å². The van der Waals surface area contributed by atoms with Crippen molar-refractivity contribution >= 4 is 15.9 Å². The molecule has 1 aromatic carbocycles. The van der Waals surface area contributed by atoms with Crippen LogP contribution in [0.5, 0.6) is 0 Å². The number of hydrogen-bond donors (Lipinski definition) is 1. The fourth-order valence-electron chi connectivity index (χ4n) is 3.22. The molecule has 140 valence electrons. The molecule has 1 atom stereocenters. The van der Waals surface area contributed by atoms with Crippen molar-refractivity contribution in [3.63, 3.8) is 0 Å². The first-order valence-corrected chi connectivity index (χ1v) is 10.9. The summed E-state index contributed by atoms with van der Waals surface area (Å²) in [5, 5.41) is 0. The molecular weight excluding hydrogens is 336 g/mol. The van der Waals surface area contributed by atoms with Crippen molar-refractivity contribution < 1.29 is 13.2 Å². The van der Waals surface area contributed by atoms with Crippen LogP contribution in [0.25, 0.3) is 0 Å². The van der Waals surface area contributed by atoms with Gasteiger partial charge in [0.25, 0.3) is 0 Å². The van der Waals surface area contributed by atoms with E-state index in [4.69, 9.17) is 0 Å². The van der Waals surface area contributed by atoms with Crippen LogP contribution in [-0.4, -0.2) is 44.1 Å². The van der Waals surface area contributed by atoms with E-state index in [0.717, 1.165) is 37.9 Å². The Bertz CT molecular complexity index is 638. The summed E-state index contributed by atoms with van der Waals surface area (Å²) in [5.74, 6) is 0.227. The molecule has 0 radical (unpaired) electrons. The van der Waals surface area contributed by atoms with Crippen molar-refractivity contribution in [2.24, 2.45) is 5.92 Å². The molecule has 0 unspecified atom stereocenters. The number of likely N-dealkylation sites (tertiary alicyclic amines) is 1. The minimum atomic E-state index is -3.47. The molecule has 0 saturated carbocycles. The highest BCUT2D eigenvalue weighted by molar-refractivity contribution is 7.89. The maximum Gasteiger partial charge on any atom is 0.240 e. The van der Waals surface area contributed by atoms with Crippen molar-refractivity contribution in [1.82, 2.24) is 9.62 Å². The van der Waals surface area contributed by atoms with Gasteiger partial charge < -0.3 is 4.90 Å². The van der Waals surface area contributed by atoms with Gasteiger partial charge in [0.05, 0.1) is 5.75 Å². The number of carbonyl (C=O) groups is 1. The highest BCUT2D eigenvalue weighted by Gasteiger charge is 2.30. The molecule has 0 spiro atoms. The van der Waals surface area contributed by atoms with Gasteiger partial charge in [-0.3, -0.25) is 4.79 Å². The first kappa shape index (κ1) is 19.9. The van der Waals surface area contributed by atoms with E-state index in [1.165, 1.54) is 0 Å². The fraction of sp³-hybridized carbons (Fsp3) is 0.632. The third-order valence-electron chi connectivity index (χ3n) is 4.47. The van der Waals surface area contributed by atoms with Crippen molar-refractivity contribution in [1.29, 1.82) is 0 Å². The normalized spacial score (nSPS) is 16.4. The summed E-state index contributed by atoms with van der Waals surface area (Å²) in [6.45, 7) is 5.49. The predicted molar refractivity (Wildman–Crippen MR) is 101 cm³/mol. The smallest absolute Gasteiger partial charge is 0.240 e. The SMILES string of the molecule is CC(C)C[C@@H](NS(=O)(=O)CCCc1ccccc1)C(=O)N1CCCC1. The molecule has 6 heteroatoms. The number of aryl methyl sites for hydroxylation is 1. The number of nitrogens with one attached hydrogen (secondary N) is 1. The zero-order valence-electron chi connectivity index (χ0n) is 15.3. The molecule has 1 aliphatic heterocycles. The molecule has 1 aromatic rings. The Kier molecular flexibility index (Phi) is 7.44. The molecule has 1 N–H and O–H groups in total. The van der Waals surface area contributed by atoms with Crippen LogP contribution in [0.1, 0.15) is 45.1 Å². The third kappa shape index (κ3) is 6.78. The Labute approximate surface area is 151 Å². The number of amides is 1. The highest BCUT2D eigenvalue weighted by Crippen LogP contribution is 2.14. The van der Waals surface area contributed by atoms with Crippen molar-refractivity contribution in [3.05, 3.63) is 35.9 Å². The summed E-state index contributed by atoms with van der Waals surface area (Å²) in [5.41, 5.74) is 1.13. The summed E-state index contributed by atoms with van der Waals surface area (Å²) in [4.78, 5) is 14.4. The van der Waals surface area contributed by atoms with Gasteiger partial charge >= 0.3 is 0 Å².